The molecule has 1 N–H and O–H groups in total. The number of carbonyl (C=O) groups excluding carboxylic acids is 2. The number of non-ortho nitro benzene ring substituents is 1. The third-order valence-electron chi connectivity index (χ3n) is 2.99. The van der Waals surface area contributed by atoms with Crippen LogP contribution >= 0.6 is 11.6 Å². The van der Waals surface area contributed by atoms with Crippen molar-refractivity contribution >= 4 is 34.9 Å². The molecule has 7 nitrogen and oxygen atoms in total. The molecule has 0 bridgehead atoms. The van der Waals surface area contributed by atoms with E-state index in [0.29, 0.717) is 0 Å². The first-order valence-electron chi connectivity index (χ1n) is 6.89. The van der Waals surface area contributed by atoms with Crippen LogP contribution in [0.3, 0.4) is 0 Å². The second kappa shape index (κ2) is 8.07. The van der Waals surface area contributed by atoms with Crippen LogP contribution in [0.4, 0.5) is 11.4 Å². The van der Waals surface area contributed by atoms with Crippen LogP contribution in [0.15, 0.2) is 48.5 Å². The summed E-state index contributed by atoms with van der Waals surface area (Å²) in [7, 11) is 0. The molecule has 8 heteroatoms. The summed E-state index contributed by atoms with van der Waals surface area (Å²) in [4.78, 5) is 33.4. The smallest absolute Gasteiger partial charge is 0.310 e. The standard InChI is InChI=1S/C16H13ClN2O5/c17-13-9-12(19(22)23)6-7-14(13)18-15(20)10-24-16(21)8-11-4-2-1-3-5-11/h1-7,9H,8,10H2,(H,18,20). The van der Waals surface area contributed by atoms with Gasteiger partial charge < -0.3 is 10.1 Å². The number of anilines is 1. The fourth-order valence-corrected chi connectivity index (χ4v) is 2.09. The van der Waals surface area contributed by atoms with Gasteiger partial charge in [0.2, 0.25) is 0 Å². The number of hydrogen-bond donors (Lipinski definition) is 1. The highest BCUT2D eigenvalue weighted by Gasteiger charge is 2.13. The second-order valence-corrected chi connectivity index (χ2v) is 5.20. The topological polar surface area (TPSA) is 98.5 Å². The number of hydrogen-bond acceptors (Lipinski definition) is 5. The minimum atomic E-state index is -0.594. The molecular formula is C16H13ClN2O5. The summed E-state index contributed by atoms with van der Waals surface area (Å²) in [5.41, 5.74) is 0.792. The quantitative estimate of drug-likeness (QED) is 0.491. The van der Waals surface area contributed by atoms with Crippen LogP contribution in [0.1, 0.15) is 5.56 Å². The van der Waals surface area contributed by atoms with E-state index < -0.39 is 23.4 Å². The van der Waals surface area contributed by atoms with Crippen LogP contribution in [0.5, 0.6) is 0 Å². The molecule has 0 heterocycles. The van der Waals surface area contributed by atoms with Gasteiger partial charge in [-0.1, -0.05) is 41.9 Å². The van der Waals surface area contributed by atoms with E-state index in [1.165, 1.54) is 12.1 Å². The van der Waals surface area contributed by atoms with Crippen molar-refractivity contribution in [3.63, 3.8) is 0 Å². The molecule has 0 fully saturated rings. The number of benzene rings is 2. The van der Waals surface area contributed by atoms with Gasteiger partial charge in [-0.25, -0.2) is 0 Å². The molecular weight excluding hydrogens is 336 g/mol. The van der Waals surface area contributed by atoms with Crippen molar-refractivity contribution in [2.75, 3.05) is 11.9 Å². The number of rotatable bonds is 6. The summed E-state index contributed by atoms with van der Waals surface area (Å²) in [5, 5.41) is 13.1. The van der Waals surface area contributed by atoms with Crippen molar-refractivity contribution in [1.29, 1.82) is 0 Å². The molecule has 2 rings (SSSR count). The molecule has 0 aromatic heterocycles. The number of nitrogens with zero attached hydrogens (tertiary/aromatic N) is 1. The van der Waals surface area contributed by atoms with E-state index in [1.807, 2.05) is 6.07 Å². The molecule has 0 aliphatic rings. The van der Waals surface area contributed by atoms with Crippen LogP contribution in [0, 0.1) is 10.1 Å². The number of amides is 1. The number of carbonyl (C=O) groups is 2. The lowest BCUT2D eigenvalue weighted by Crippen LogP contribution is -2.21. The molecule has 1 amide bonds. The van der Waals surface area contributed by atoms with Gasteiger partial charge in [-0.2, -0.15) is 0 Å². The molecule has 2 aromatic carbocycles. The number of halogens is 1. The minimum Gasteiger partial charge on any atom is -0.455 e. The van der Waals surface area contributed by atoms with E-state index in [2.05, 4.69) is 5.32 Å². The molecule has 24 heavy (non-hydrogen) atoms. The SMILES string of the molecule is O=C(COC(=O)Cc1ccccc1)Nc1ccc([N+](=O)[O-])cc1Cl. The molecule has 0 radical (unpaired) electrons. The first-order valence-corrected chi connectivity index (χ1v) is 7.27. The zero-order valence-corrected chi connectivity index (χ0v) is 13.2. The van der Waals surface area contributed by atoms with Gasteiger partial charge in [0, 0.05) is 12.1 Å². The highest BCUT2D eigenvalue weighted by atomic mass is 35.5. The first-order chi connectivity index (χ1) is 11.5. The lowest BCUT2D eigenvalue weighted by atomic mass is 10.2. The Morgan fingerprint density at radius 3 is 2.50 bits per heavy atom. The zero-order valence-electron chi connectivity index (χ0n) is 12.4. The Kier molecular flexibility index (Phi) is 5.86. The molecule has 0 spiro atoms. The fourth-order valence-electron chi connectivity index (χ4n) is 1.86. The Balaban J connectivity index is 1.85. The van der Waals surface area contributed by atoms with E-state index in [4.69, 9.17) is 16.3 Å². The summed E-state index contributed by atoms with van der Waals surface area (Å²) in [6, 6.07) is 12.6. The van der Waals surface area contributed by atoms with Crippen LogP contribution in [0.25, 0.3) is 0 Å². The van der Waals surface area contributed by atoms with Crippen LogP contribution < -0.4 is 5.32 Å². The molecule has 124 valence electrons. The summed E-state index contributed by atoms with van der Waals surface area (Å²) in [6.07, 6.45) is 0.0619. The van der Waals surface area contributed by atoms with Crippen molar-refractivity contribution in [1.82, 2.24) is 0 Å². The van der Waals surface area contributed by atoms with Gasteiger partial charge in [0.15, 0.2) is 6.61 Å². The van der Waals surface area contributed by atoms with E-state index >= 15 is 0 Å². The van der Waals surface area contributed by atoms with Crippen molar-refractivity contribution < 1.29 is 19.2 Å². The van der Waals surface area contributed by atoms with Crippen LogP contribution in [-0.2, 0) is 20.7 Å². The van der Waals surface area contributed by atoms with Crippen molar-refractivity contribution in [2.24, 2.45) is 0 Å². The second-order valence-electron chi connectivity index (χ2n) is 4.79. The Bertz CT molecular complexity index is 764. The van der Waals surface area contributed by atoms with Gasteiger partial charge in [-0.15, -0.1) is 0 Å². The highest BCUT2D eigenvalue weighted by Crippen LogP contribution is 2.26. The molecule has 0 atom stereocenters. The van der Waals surface area contributed by atoms with Crippen LogP contribution in [-0.4, -0.2) is 23.4 Å². The normalized spacial score (nSPS) is 10.0. The lowest BCUT2D eigenvalue weighted by Gasteiger charge is -2.08. The van der Waals surface area contributed by atoms with E-state index in [0.717, 1.165) is 11.6 Å². The fraction of sp³-hybridized carbons (Fsp3) is 0.125. The largest absolute Gasteiger partial charge is 0.455 e. The zero-order chi connectivity index (χ0) is 17.5. The van der Waals surface area contributed by atoms with Crippen molar-refractivity contribution in [3.05, 3.63) is 69.2 Å². The van der Waals surface area contributed by atoms with E-state index in [1.54, 1.807) is 24.3 Å². The number of ether oxygens (including phenoxy) is 1. The van der Waals surface area contributed by atoms with E-state index in [-0.39, 0.29) is 22.8 Å². The third kappa shape index (κ3) is 5.06. The van der Waals surface area contributed by atoms with Crippen molar-refractivity contribution in [2.45, 2.75) is 6.42 Å². The van der Waals surface area contributed by atoms with E-state index in [9.17, 15) is 19.7 Å². The Hall–Kier alpha value is -2.93. The van der Waals surface area contributed by atoms with Crippen LogP contribution in [0.2, 0.25) is 5.02 Å². The Morgan fingerprint density at radius 1 is 1.17 bits per heavy atom. The monoisotopic (exact) mass is 348 g/mol. The average Bonchev–Trinajstić information content (AvgIpc) is 2.55. The predicted molar refractivity (Wildman–Crippen MR) is 87.8 cm³/mol. The van der Waals surface area contributed by atoms with Gasteiger partial charge >= 0.3 is 5.97 Å². The molecule has 2 aromatic rings. The Morgan fingerprint density at radius 2 is 1.88 bits per heavy atom. The van der Waals surface area contributed by atoms with Gasteiger partial charge in [0.05, 0.1) is 22.1 Å². The predicted octanol–water partition coefficient (Wildman–Crippen LogP) is 2.97. The maximum absolute atomic E-state index is 11.8. The molecule has 0 aliphatic carbocycles. The Labute approximate surface area is 142 Å². The molecule has 0 aliphatic heterocycles. The summed E-state index contributed by atoms with van der Waals surface area (Å²) in [6.45, 7) is -0.473. The highest BCUT2D eigenvalue weighted by molar-refractivity contribution is 6.34. The summed E-state index contributed by atoms with van der Waals surface area (Å²) < 4.78 is 4.88. The van der Waals surface area contributed by atoms with Gasteiger partial charge in [-0.05, 0) is 11.6 Å². The first kappa shape index (κ1) is 17.4. The third-order valence-corrected chi connectivity index (χ3v) is 3.31. The summed E-state index contributed by atoms with van der Waals surface area (Å²) >= 11 is 5.86. The maximum atomic E-state index is 11.8. The minimum absolute atomic E-state index is 0.0214. The molecule has 0 saturated heterocycles. The number of esters is 1. The molecule has 0 unspecified atom stereocenters. The maximum Gasteiger partial charge on any atom is 0.310 e. The number of nitrogens with one attached hydrogen (secondary N) is 1. The molecule has 0 saturated carbocycles. The van der Waals surface area contributed by atoms with Gasteiger partial charge in [0.25, 0.3) is 11.6 Å². The summed E-state index contributed by atoms with van der Waals surface area (Å²) in [5.74, 6) is -1.13. The average molecular weight is 349 g/mol. The number of nitro groups is 1. The van der Waals surface area contributed by atoms with Gasteiger partial charge in [-0.3, -0.25) is 19.7 Å². The number of nitro benzene ring substituents is 1. The van der Waals surface area contributed by atoms with Gasteiger partial charge in [0.1, 0.15) is 0 Å². The van der Waals surface area contributed by atoms with Crippen molar-refractivity contribution in [3.8, 4) is 0 Å². The lowest BCUT2D eigenvalue weighted by molar-refractivity contribution is -0.384.